The summed E-state index contributed by atoms with van der Waals surface area (Å²) in [6.45, 7) is 0.984. The SMILES string of the molecule is O=C1c2cc3c(cc2C[C@H]2c4[nH]c5ccccc5c4CCN12)OCO3. The van der Waals surface area contributed by atoms with Gasteiger partial charge in [-0.2, -0.15) is 0 Å². The predicted molar refractivity (Wildman–Crippen MR) is 92.0 cm³/mol. The molecule has 1 amide bonds. The first kappa shape index (κ1) is 13.4. The average molecular weight is 332 g/mol. The highest BCUT2D eigenvalue weighted by Gasteiger charge is 2.39. The molecule has 124 valence electrons. The Bertz CT molecular complexity index is 1050. The smallest absolute Gasteiger partial charge is 0.254 e. The Morgan fingerprint density at radius 1 is 1.12 bits per heavy atom. The van der Waals surface area contributed by atoms with Crippen LogP contribution in [-0.2, 0) is 12.8 Å². The number of hydrogen-bond acceptors (Lipinski definition) is 3. The van der Waals surface area contributed by atoms with Crippen molar-refractivity contribution in [2.24, 2.45) is 0 Å². The molecule has 0 bridgehead atoms. The van der Waals surface area contributed by atoms with Crippen molar-refractivity contribution in [1.29, 1.82) is 0 Å². The fourth-order valence-electron chi connectivity index (χ4n) is 4.49. The van der Waals surface area contributed by atoms with Crippen LogP contribution in [0.3, 0.4) is 0 Å². The number of H-pyrrole nitrogens is 1. The van der Waals surface area contributed by atoms with E-state index < -0.39 is 0 Å². The predicted octanol–water partition coefficient (Wildman–Crippen LogP) is 3.19. The van der Waals surface area contributed by atoms with Gasteiger partial charge in [0.1, 0.15) is 0 Å². The van der Waals surface area contributed by atoms with Gasteiger partial charge in [0, 0.05) is 28.7 Å². The van der Waals surface area contributed by atoms with Crippen LogP contribution in [0.25, 0.3) is 10.9 Å². The number of carbonyl (C=O) groups is 1. The zero-order valence-corrected chi connectivity index (χ0v) is 13.5. The van der Waals surface area contributed by atoms with Gasteiger partial charge in [-0.1, -0.05) is 18.2 Å². The lowest BCUT2D eigenvalue weighted by atomic mass is 9.86. The molecule has 6 rings (SSSR count). The van der Waals surface area contributed by atoms with Crippen molar-refractivity contribution in [1.82, 2.24) is 9.88 Å². The lowest BCUT2D eigenvalue weighted by Crippen LogP contribution is -2.44. The molecule has 3 aliphatic heterocycles. The van der Waals surface area contributed by atoms with Gasteiger partial charge in [0.25, 0.3) is 5.91 Å². The summed E-state index contributed by atoms with van der Waals surface area (Å²) >= 11 is 0. The fourth-order valence-corrected chi connectivity index (χ4v) is 4.49. The molecule has 4 heterocycles. The molecule has 0 aliphatic carbocycles. The van der Waals surface area contributed by atoms with Crippen LogP contribution in [0.5, 0.6) is 11.5 Å². The van der Waals surface area contributed by atoms with Crippen LogP contribution in [0.2, 0.25) is 0 Å². The number of nitrogens with zero attached hydrogens (tertiary/aromatic N) is 1. The highest BCUT2D eigenvalue weighted by Crippen LogP contribution is 2.43. The minimum Gasteiger partial charge on any atom is -0.454 e. The maximum atomic E-state index is 13.1. The molecule has 0 radical (unpaired) electrons. The Hall–Kier alpha value is -2.95. The molecule has 0 spiro atoms. The van der Waals surface area contributed by atoms with E-state index in [1.54, 1.807) is 0 Å². The monoisotopic (exact) mass is 332 g/mol. The van der Waals surface area contributed by atoms with Crippen molar-refractivity contribution in [3.05, 3.63) is 58.8 Å². The fraction of sp³-hybridized carbons (Fsp3) is 0.250. The highest BCUT2D eigenvalue weighted by atomic mass is 16.7. The molecule has 3 aromatic rings. The van der Waals surface area contributed by atoms with E-state index in [1.165, 1.54) is 16.6 Å². The van der Waals surface area contributed by atoms with Crippen LogP contribution in [0.15, 0.2) is 36.4 Å². The van der Waals surface area contributed by atoms with Gasteiger partial charge >= 0.3 is 0 Å². The summed E-state index contributed by atoms with van der Waals surface area (Å²) in [6.07, 6.45) is 1.69. The van der Waals surface area contributed by atoms with Crippen LogP contribution < -0.4 is 9.47 Å². The van der Waals surface area contributed by atoms with E-state index in [-0.39, 0.29) is 18.7 Å². The summed E-state index contributed by atoms with van der Waals surface area (Å²) in [5.74, 6) is 1.51. The molecule has 1 atom stereocenters. The molecule has 2 aromatic carbocycles. The van der Waals surface area contributed by atoms with Gasteiger partial charge in [0.15, 0.2) is 11.5 Å². The molecule has 0 saturated carbocycles. The van der Waals surface area contributed by atoms with Crippen LogP contribution in [-0.4, -0.2) is 29.1 Å². The third-order valence-electron chi connectivity index (χ3n) is 5.66. The molecule has 25 heavy (non-hydrogen) atoms. The van der Waals surface area contributed by atoms with E-state index in [2.05, 4.69) is 23.2 Å². The number of hydrogen-bond donors (Lipinski definition) is 1. The molecule has 1 N–H and O–H groups in total. The number of carbonyl (C=O) groups excluding carboxylic acids is 1. The third kappa shape index (κ3) is 1.70. The van der Waals surface area contributed by atoms with Gasteiger partial charge < -0.3 is 19.4 Å². The summed E-state index contributed by atoms with van der Waals surface area (Å²) in [5, 5.41) is 1.28. The van der Waals surface area contributed by atoms with Crippen LogP contribution in [0.4, 0.5) is 0 Å². The lowest BCUT2D eigenvalue weighted by molar-refractivity contribution is 0.0627. The van der Waals surface area contributed by atoms with Crippen molar-refractivity contribution < 1.29 is 14.3 Å². The Morgan fingerprint density at radius 3 is 2.88 bits per heavy atom. The number of aromatic amines is 1. The Morgan fingerprint density at radius 2 is 1.96 bits per heavy atom. The summed E-state index contributed by atoms with van der Waals surface area (Å²) < 4.78 is 10.9. The van der Waals surface area contributed by atoms with E-state index >= 15 is 0 Å². The number of ether oxygens (including phenoxy) is 2. The second kappa shape index (κ2) is 4.57. The standard InChI is InChI=1S/C20H16N2O3/c23-20-14-9-18-17(24-10-25-18)8-11(14)7-16-19-13(5-6-22(16)20)12-3-1-2-4-15(12)21-19/h1-4,8-9,16,21H,5-7,10H2/t16-/m0/s1. The zero-order chi connectivity index (χ0) is 16.5. The first-order chi connectivity index (χ1) is 12.3. The number of rotatable bonds is 0. The van der Waals surface area contributed by atoms with Crippen molar-refractivity contribution in [3.8, 4) is 11.5 Å². The van der Waals surface area contributed by atoms with Crippen LogP contribution >= 0.6 is 0 Å². The molecule has 5 heteroatoms. The summed E-state index contributed by atoms with van der Waals surface area (Å²) in [6, 6.07) is 12.3. The molecular formula is C20H16N2O3. The quantitative estimate of drug-likeness (QED) is 0.688. The van der Waals surface area contributed by atoms with Crippen LogP contribution in [0.1, 0.15) is 33.2 Å². The minimum absolute atomic E-state index is 0.0662. The van der Waals surface area contributed by atoms with Crippen LogP contribution in [0, 0.1) is 0 Å². The van der Waals surface area contributed by atoms with E-state index in [4.69, 9.17) is 9.47 Å². The average Bonchev–Trinajstić information content (AvgIpc) is 3.24. The number of benzene rings is 2. The van der Waals surface area contributed by atoms with Crippen molar-refractivity contribution in [2.75, 3.05) is 13.3 Å². The zero-order valence-electron chi connectivity index (χ0n) is 13.5. The van der Waals surface area contributed by atoms with Crippen molar-refractivity contribution >= 4 is 16.8 Å². The second-order valence-corrected chi connectivity index (χ2v) is 6.89. The van der Waals surface area contributed by atoms with Crippen molar-refractivity contribution in [3.63, 3.8) is 0 Å². The molecule has 3 aliphatic rings. The maximum Gasteiger partial charge on any atom is 0.254 e. The highest BCUT2D eigenvalue weighted by molar-refractivity contribution is 5.98. The molecule has 0 fully saturated rings. The number of amides is 1. The Kier molecular flexibility index (Phi) is 2.44. The van der Waals surface area contributed by atoms with Gasteiger partial charge in [-0.3, -0.25) is 4.79 Å². The van der Waals surface area contributed by atoms with Gasteiger partial charge in [0.2, 0.25) is 6.79 Å². The molecular weight excluding hydrogens is 316 g/mol. The summed E-state index contributed by atoms with van der Waals surface area (Å²) in [5.41, 5.74) is 5.48. The van der Waals surface area contributed by atoms with Gasteiger partial charge in [-0.25, -0.2) is 0 Å². The molecule has 0 saturated heterocycles. The van der Waals surface area contributed by atoms with E-state index in [0.29, 0.717) is 5.75 Å². The topological polar surface area (TPSA) is 54.6 Å². The number of aromatic nitrogens is 1. The normalized spacial score (nSPS) is 20.4. The van der Waals surface area contributed by atoms with Gasteiger partial charge in [-0.05, 0) is 42.2 Å². The Labute approximate surface area is 144 Å². The van der Waals surface area contributed by atoms with Gasteiger partial charge in [0.05, 0.1) is 6.04 Å². The lowest BCUT2D eigenvalue weighted by Gasteiger charge is -2.40. The summed E-state index contributed by atoms with van der Waals surface area (Å²) in [7, 11) is 0. The molecule has 0 unspecified atom stereocenters. The van der Waals surface area contributed by atoms with E-state index in [1.807, 2.05) is 23.1 Å². The minimum atomic E-state index is 0.0662. The van der Waals surface area contributed by atoms with E-state index in [0.717, 1.165) is 41.8 Å². The Balaban J connectivity index is 1.52. The first-order valence-corrected chi connectivity index (χ1v) is 8.62. The molecule has 1 aromatic heterocycles. The third-order valence-corrected chi connectivity index (χ3v) is 5.66. The summed E-state index contributed by atoms with van der Waals surface area (Å²) in [4.78, 5) is 18.7. The second-order valence-electron chi connectivity index (χ2n) is 6.89. The molecule has 5 nitrogen and oxygen atoms in total. The number of nitrogens with one attached hydrogen (secondary N) is 1. The maximum absolute atomic E-state index is 13.1. The number of para-hydroxylation sites is 1. The largest absolute Gasteiger partial charge is 0.454 e. The van der Waals surface area contributed by atoms with Crippen molar-refractivity contribution in [2.45, 2.75) is 18.9 Å². The number of fused-ring (bicyclic) bond motifs is 7. The first-order valence-electron chi connectivity index (χ1n) is 8.62. The van der Waals surface area contributed by atoms with E-state index in [9.17, 15) is 4.79 Å². The van der Waals surface area contributed by atoms with Gasteiger partial charge in [-0.15, -0.1) is 0 Å².